The van der Waals surface area contributed by atoms with Gasteiger partial charge >= 0.3 is 0 Å². The van der Waals surface area contributed by atoms with Gasteiger partial charge in [-0.3, -0.25) is 9.78 Å². The average molecular weight is 612 g/mol. The van der Waals surface area contributed by atoms with Gasteiger partial charge in [0.1, 0.15) is 5.82 Å². The minimum absolute atomic E-state index is 0.119. The van der Waals surface area contributed by atoms with Crippen LogP contribution < -0.4 is 21.3 Å². The second kappa shape index (κ2) is 14.0. The monoisotopic (exact) mass is 611 g/mol. The molecule has 1 fully saturated rings. The number of hydrogen-bond acceptors (Lipinski definition) is 9. The van der Waals surface area contributed by atoms with Crippen LogP contribution in [0, 0.1) is 0 Å². The number of aromatic nitrogens is 4. The first-order valence-electron chi connectivity index (χ1n) is 15.3. The van der Waals surface area contributed by atoms with Gasteiger partial charge in [-0.25, -0.2) is 15.0 Å². The number of nitrogens with one attached hydrogen (secondary N) is 2. The van der Waals surface area contributed by atoms with Crippen LogP contribution in [-0.4, -0.2) is 70.5 Å². The Morgan fingerprint density at radius 1 is 0.957 bits per heavy atom. The molecule has 6 rings (SSSR count). The number of rotatable bonds is 10. The van der Waals surface area contributed by atoms with Crippen LogP contribution in [0.3, 0.4) is 0 Å². The summed E-state index contributed by atoms with van der Waals surface area (Å²) in [5.41, 5.74) is 11.2. The molecule has 0 saturated carbocycles. The van der Waals surface area contributed by atoms with Crippen molar-refractivity contribution in [1.82, 2.24) is 24.8 Å². The van der Waals surface area contributed by atoms with Gasteiger partial charge in [0.25, 0.3) is 0 Å². The molecule has 1 unspecified atom stereocenters. The average Bonchev–Trinajstić information content (AvgIpc) is 3.53. The molecule has 1 aliphatic heterocycles. The smallest absolute Gasteiger partial charge is 0.248 e. The zero-order valence-corrected chi connectivity index (χ0v) is 26.0. The first-order valence-corrected chi connectivity index (χ1v) is 15.3. The Morgan fingerprint density at radius 2 is 1.78 bits per heavy atom. The standard InChI is InChI=1S/C36H37N9O/c1-44(2)21-8-12-32(46)41-27-13-14-29-26(23-27)15-19-39-35(29)45-22-17-28(24-45)42-36-40-20-16-31(43-36)33(30-11-6-7-18-38-30)34(37)25-9-4-3-5-10-25/h3-16,18-20,23,28H,17,21-22,24,37H2,1-2H3,(H,41,46)(H,40,42,43)/b12-8+,34-33+. The molecule has 5 aromatic rings. The first kappa shape index (κ1) is 30.4. The Morgan fingerprint density at radius 3 is 2.59 bits per heavy atom. The molecule has 3 aromatic heterocycles. The number of amides is 1. The molecule has 10 heteroatoms. The lowest BCUT2D eigenvalue weighted by atomic mass is 10.0. The maximum Gasteiger partial charge on any atom is 0.248 e. The number of likely N-dealkylation sites (N-methyl/N-ethyl adjacent to an activating group) is 1. The van der Waals surface area contributed by atoms with Crippen LogP contribution in [-0.2, 0) is 4.79 Å². The molecule has 232 valence electrons. The highest BCUT2D eigenvalue weighted by Gasteiger charge is 2.26. The summed E-state index contributed by atoms with van der Waals surface area (Å²) in [5.74, 6) is 1.29. The Hall–Kier alpha value is -5.61. The summed E-state index contributed by atoms with van der Waals surface area (Å²) in [4.78, 5) is 35.4. The first-order chi connectivity index (χ1) is 22.4. The SMILES string of the molecule is CN(C)C/C=C/C(=O)Nc1ccc2c(N3CCC(Nc4nccc(/C(=C(/N)c5ccccc5)c5ccccn5)n4)C3)nccc2c1. The van der Waals surface area contributed by atoms with Gasteiger partial charge in [-0.15, -0.1) is 0 Å². The van der Waals surface area contributed by atoms with Crippen molar-refractivity contribution in [3.05, 3.63) is 127 Å². The van der Waals surface area contributed by atoms with Crippen molar-refractivity contribution >= 4 is 45.4 Å². The van der Waals surface area contributed by atoms with Crippen molar-refractivity contribution in [3.8, 4) is 0 Å². The van der Waals surface area contributed by atoms with Crippen molar-refractivity contribution in [1.29, 1.82) is 0 Å². The summed E-state index contributed by atoms with van der Waals surface area (Å²) >= 11 is 0. The van der Waals surface area contributed by atoms with Crippen LogP contribution >= 0.6 is 0 Å². The van der Waals surface area contributed by atoms with Crippen LogP contribution in [0.25, 0.3) is 22.0 Å². The number of nitrogens with zero attached hydrogens (tertiary/aromatic N) is 6. The Kier molecular flexibility index (Phi) is 9.26. The van der Waals surface area contributed by atoms with E-state index >= 15 is 0 Å². The van der Waals surface area contributed by atoms with E-state index in [2.05, 4.69) is 25.5 Å². The van der Waals surface area contributed by atoms with Crippen LogP contribution in [0.1, 0.15) is 23.4 Å². The Bertz CT molecular complexity index is 1870. The van der Waals surface area contributed by atoms with Crippen LogP contribution in [0.2, 0.25) is 0 Å². The molecular weight excluding hydrogens is 574 g/mol. The van der Waals surface area contributed by atoms with E-state index in [4.69, 9.17) is 15.7 Å². The molecule has 1 amide bonds. The van der Waals surface area contributed by atoms with Gasteiger partial charge in [0.2, 0.25) is 11.9 Å². The van der Waals surface area contributed by atoms with Crippen LogP contribution in [0.4, 0.5) is 17.5 Å². The second-order valence-electron chi connectivity index (χ2n) is 11.4. The Balaban J connectivity index is 1.18. The van der Waals surface area contributed by atoms with Crippen molar-refractivity contribution < 1.29 is 4.79 Å². The molecule has 4 N–H and O–H groups in total. The van der Waals surface area contributed by atoms with E-state index in [9.17, 15) is 4.79 Å². The maximum atomic E-state index is 12.4. The molecular formula is C36H37N9O. The lowest BCUT2D eigenvalue weighted by Gasteiger charge is -2.20. The second-order valence-corrected chi connectivity index (χ2v) is 11.4. The van der Waals surface area contributed by atoms with Crippen molar-refractivity contribution in [2.75, 3.05) is 49.3 Å². The molecule has 0 radical (unpaired) electrons. The highest BCUT2D eigenvalue weighted by Crippen LogP contribution is 2.31. The number of fused-ring (bicyclic) bond motifs is 1. The zero-order chi connectivity index (χ0) is 31.9. The number of carbonyl (C=O) groups is 1. The topological polar surface area (TPSA) is 125 Å². The fraction of sp³-hybridized carbons (Fsp3) is 0.194. The lowest BCUT2D eigenvalue weighted by molar-refractivity contribution is -0.111. The van der Waals surface area contributed by atoms with Gasteiger partial charge in [0, 0.05) is 67.0 Å². The van der Waals surface area contributed by atoms with E-state index in [1.807, 2.05) is 110 Å². The third kappa shape index (κ3) is 7.19. The van der Waals surface area contributed by atoms with E-state index in [0.29, 0.717) is 23.9 Å². The van der Waals surface area contributed by atoms with Crippen molar-refractivity contribution in [3.63, 3.8) is 0 Å². The predicted octanol–water partition coefficient (Wildman–Crippen LogP) is 5.04. The van der Waals surface area contributed by atoms with Gasteiger partial charge in [-0.2, -0.15) is 0 Å². The van der Waals surface area contributed by atoms with E-state index < -0.39 is 0 Å². The van der Waals surface area contributed by atoms with Crippen LogP contribution in [0.5, 0.6) is 0 Å². The normalized spacial score (nSPS) is 15.4. The third-order valence-corrected chi connectivity index (χ3v) is 7.76. The van der Waals surface area contributed by atoms with Gasteiger partial charge in [-0.1, -0.05) is 42.5 Å². The minimum atomic E-state index is -0.152. The highest BCUT2D eigenvalue weighted by molar-refractivity contribution is 6.02. The molecule has 0 aliphatic carbocycles. The van der Waals surface area contributed by atoms with Crippen molar-refractivity contribution in [2.45, 2.75) is 12.5 Å². The van der Waals surface area contributed by atoms with Crippen LogP contribution in [0.15, 0.2) is 110 Å². The van der Waals surface area contributed by atoms with Gasteiger partial charge < -0.3 is 26.2 Å². The van der Waals surface area contributed by atoms with E-state index in [1.165, 1.54) is 0 Å². The summed E-state index contributed by atoms with van der Waals surface area (Å²) in [6.45, 7) is 2.28. The summed E-state index contributed by atoms with van der Waals surface area (Å²) in [6.07, 6.45) is 9.62. The molecule has 0 bridgehead atoms. The maximum absolute atomic E-state index is 12.4. The number of hydrogen-bond donors (Lipinski definition) is 3. The van der Waals surface area contributed by atoms with E-state index in [-0.39, 0.29) is 11.9 Å². The molecule has 0 spiro atoms. The highest BCUT2D eigenvalue weighted by atomic mass is 16.1. The number of anilines is 3. The van der Waals surface area contributed by atoms with Gasteiger partial charge in [-0.05, 0) is 73.9 Å². The number of pyridine rings is 2. The predicted molar refractivity (Wildman–Crippen MR) is 185 cm³/mol. The van der Waals surface area contributed by atoms with Crippen molar-refractivity contribution in [2.24, 2.45) is 5.73 Å². The summed E-state index contributed by atoms with van der Waals surface area (Å²) < 4.78 is 0. The number of benzene rings is 2. The molecule has 10 nitrogen and oxygen atoms in total. The zero-order valence-electron chi connectivity index (χ0n) is 26.0. The summed E-state index contributed by atoms with van der Waals surface area (Å²) in [5, 5.41) is 8.53. The largest absolute Gasteiger partial charge is 0.398 e. The molecule has 1 atom stereocenters. The minimum Gasteiger partial charge on any atom is -0.398 e. The fourth-order valence-electron chi connectivity index (χ4n) is 5.55. The number of nitrogens with two attached hydrogens (primary N) is 1. The summed E-state index contributed by atoms with van der Waals surface area (Å²) in [7, 11) is 3.92. The number of carbonyl (C=O) groups excluding carboxylic acids is 1. The fourth-order valence-corrected chi connectivity index (χ4v) is 5.55. The molecule has 1 aliphatic rings. The molecule has 1 saturated heterocycles. The van der Waals surface area contributed by atoms with E-state index in [1.54, 1.807) is 18.5 Å². The molecule has 2 aromatic carbocycles. The molecule has 4 heterocycles. The quantitative estimate of drug-likeness (QED) is 0.186. The van der Waals surface area contributed by atoms with Gasteiger partial charge in [0.05, 0.1) is 17.1 Å². The Labute approximate surface area is 268 Å². The third-order valence-electron chi connectivity index (χ3n) is 7.76. The molecule has 46 heavy (non-hydrogen) atoms. The lowest BCUT2D eigenvalue weighted by Crippen LogP contribution is -2.27. The summed E-state index contributed by atoms with van der Waals surface area (Å²) in [6, 6.07) is 25.5. The van der Waals surface area contributed by atoms with Gasteiger partial charge in [0.15, 0.2) is 0 Å². The van der Waals surface area contributed by atoms with E-state index in [0.717, 1.165) is 58.6 Å².